The third-order valence-corrected chi connectivity index (χ3v) is 3.19. The molecule has 1 fully saturated rings. The fraction of sp³-hybridized carbons (Fsp3) is 0.917. The Morgan fingerprint density at radius 2 is 2.05 bits per heavy atom. The molecule has 0 aromatic rings. The normalized spacial score (nSPS) is 36.8. The van der Waals surface area contributed by atoms with Gasteiger partial charge in [0, 0.05) is 6.92 Å². The van der Waals surface area contributed by atoms with Gasteiger partial charge in [0.15, 0.2) is 6.29 Å². The summed E-state index contributed by atoms with van der Waals surface area (Å²) in [4.78, 5) is 11.2. The molecule has 7 heteroatoms. The molecule has 0 aromatic carbocycles. The zero-order valence-electron chi connectivity index (χ0n) is 11.4. The minimum absolute atomic E-state index is 0.136. The number of hydrogen-bond donors (Lipinski definition) is 4. The van der Waals surface area contributed by atoms with Gasteiger partial charge in [0.2, 0.25) is 5.91 Å². The lowest BCUT2D eigenvalue weighted by Crippen LogP contribution is -2.64. The van der Waals surface area contributed by atoms with E-state index in [1.54, 1.807) is 0 Å². The molecule has 1 rings (SSSR count). The number of aliphatic hydroxyl groups is 3. The molecular formula is C12H23NO6. The molecule has 1 amide bonds. The fourth-order valence-electron chi connectivity index (χ4n) is 1.91. The van der Waals surface area contributed by atoms with Crippen LogP contribution in [0.2, 0.25) is 0 Å². The van der Waals surface area contributed by atoms with Crippen LogP contribution in [-0.4, -0.2) is 64.6 Å². The van der Waals surface area contributed by atoms with Gasteiger partial charge in [-0.1, -0.05) is 6.92 Å². The number of carbonyl (C=O) groups excluding carboxylic acids is 1. The molecule has 7 nitrogen and oxygen atoms in total. The third kappa shape index (κ3) is 4.12. The maximum absolute atomic E-state index is 11.2. The Balaban J connectivity index is 2.83. The van der Waals surface area contributed by atoms with Crippen LogP contribution in [0.5, 0.6) is 0 Å². The minimum Gasteiger partial charge on any atom is -0.394 e. The molecule has 1 aliphatic rings. The molecule has 0 aromatic heterocycles. The lowest BCUT2D eigenvalue weighted by molar-refractivity contribution is -0.280. The number of aliphatic hydroxyl groups excluding tert-OH is 3. The van der Waals surface area contributed by atoms with Crippen molar-refractivity contribution in [2.45, 2.75) is 63.9 Å². The Bertz CT molecular complexity index is 300. The van der Waals surface area contributed by atoms with Gasteiger partial charge in [-0.3, -0.25) is 4.79 Å². The van der Waals surface area contributed by atoms with Crippen LogP contribution >= 0.6 is 0 Å². The molecule has 0 bridgehead atoms. The summed E-state index contributed by atoms with van der Waals surface area (Å²) in [5.41, 5.74) is 0. The van der Waals surface area contributed by atoms with Crippen molar-refractivity contribution in [1.29, 1.82) is 0 Å². The van der Waals surface area contributed by atoms with Gasteiger partial charge in [-0.25, -0.2) is 0 Å². The molecule has 1 heterocycles. The second kappa shape index (κ2) is 7.16. The first kappa shape index (κ1) is 16.3. The van der Waals surface area contributed by atoms with E-state index in [-0.39, 0.29) is 12.0 Å². The van der Waals surface area contributed by atoms with Crippen LogP contribution in [0.15, 0.2) is 0 Å². The first-order valence-corrected chi connectivity index (χ1v) is 6.45. The highest BCUT2D eigenvalue weighted by Crippen LogP contribution is 2.23. The predicted molar refractivity (Wildman–Crippen MR) is 66.2 cm³/mol. The number of rotatable bonds is 5. The highest BCUT2D eigenvalue weighted by atomic mass is 16.7. The molecule has 0 radical (unpaired) electrons. The molecule has 0 unspecified atom stereocenters. The van der Waals surface area contributed by atoms with E-state index in [0.29, 0.717) is 0 Å². The van der Waals surface area contributed by atoms with E-state index in [2.05, 4.69) is 5.32 Å². The SMILES string of the molecule is CC[C@@H](C)O[C@@H]1O[C@H](CO)[C@@H](O)[C@H](O)[C@H]1NC(C)=O. The second-order valence-electron chi connectivity index (χ2n) is 4.79. The van der Waals surface area contributed by atoms with Gasteiger partial charge in [0.1, 0.15) is 24.4 Å². The Morgan fingerprint density at radius 3 is 2.53 bits per heavy atom. The maximum atomic E-state index is 11.2. The van der Waals surface area contributed by atoms with Crippen molar-refractivity contribution < 1.29 is 29.6 Å². The molecule has 1 aliphatic heterocycles. The highest BCUT2D eigenvalue weighted by molar-refractivity contribution is 5.73. The van der Waals surface area contributed by atoms with E-state index in [9.17, 15) is 15.0 Å². The Labute approximate surface area is 112 Å². The number of ether oxygens (including phenoxy) is 2. The fourth-order valence-corrected chi connectivity index (χ4v) is 1.91. The second-order valence-corrected chi connectivity index (χ2v) is 4.79. The standard InChI is InChI=1S/C12H23NO6/c1-4-6(2)18-12-9(13-7(3)15)11(17)10(16)8(5-14)19-12/h6,8-12,14,16-17H,4-5H2,1-3H3,(H,13,15)/t6-,8-,9-,10-,11-,12-/m1/s1. The summed E-state index contributed by atoms with van der Waals surface area (Å²) in [6.45, 7) is 4.62. The quantitative estimate of drug-likeness (QED) is 0.500. The van der Waals surface area contributed by atoms with Crippen LogP contribution in [0, 0.1) is 0 Å². The average molecular weight is 277 g/mol. The molecule has 0 aliphatic carbocycles. The molecular weight excluding hydrogens is 254 g/mol. The highest BCUT2D eigenvalue weighted by Gasteiger charge is 2.45. The lowest BCUT2D eigenvalue weighted by atomic mass is 9.97. The molecule has 112 valence electrons. The number of amides is 1. The smallest absolute Gasteiger partial charge is 0.217 e. The summed E-state index contributed by atoms with van der Waals surface area (Å²) in [6, 6.07) is -0.871. The largest absolute Gasteiger partial charge is 0.394 e. The van der Waals surface area contributed by atoms with Crippen molar-refractivity contribution in [2.24, 2.45) is 0 Å². The molecule has 6 atom stereocenters. The van der Waals surface area contributed by atoms with E-state index >= 15 is 0 Å². The Morgan fingerprint density at radius 1 is 1.42 bits per heavy atom. The lowest BCUT2D eigenvalue weighted by Gasteiger charge is -2.42. The third-order valence-electron chi connectivity index (χ3n) is 3.19. The van der Waals surface area contributed by atoms with Gasteiger partial charge in [-0.15, -0.1) is 0 Å². The molecule has 0 spiro atoms. The van der Waals surface area contributed by atoms with Crippen molar-refractivity contribution in [2.75, 3.05) is 6.61 Å². The molecule has 1 saturated heterocycles. The maximum Gasteiger partial charge on any atom is 0.217 e. The van der Waals surface area contributed by atoms with Crippen LogP contribution in [0.1, 0.15) is 27.2 Å². The summed E-state index contributed by atoms with van der Waals surface area (Å²) in [5, 5.41) is 31.4. The van der Waals surface area contributed by atoms with Crippen molar-refractivity contribution in [3.63, 3.8) is 0 Å². The van der Waals surface area contributed by atoms with E-state index < -0.39 is 37.3 Å². The van der Waals surface area contributed by atoms with Crippen LogP contribution in [0.3, 0.4) is 0 Å². The van der Waals surface area contributed by atoms with Crippen molar-refractivity contribution in [3.05, 3.63) is 0 Å². The van der Waals surface area contributed by atoms with Gasteiger partial charge in [0.05, 0.1) is 12.7 Å². The summed E-state index contributed by atoms with van der Waals surface area (Å²) < 4.78 is 11.0. The van der Waals surface area contributed by atoms with E-state index in [0.717, 1.165) is 6.42 Å². The van der Waals surface area contributed by atoms with Gasteiger partial charge in [0.25, 0.3) is 0 Å². The summed E-state index contributed by atoms with van der Waals surface area (Å²) >= 11 is 0. The molecule has 4 N–H and O–H groups in total. The van der Waals surface area contributed by atoms with Crippen molar-refractivity contribution >= 4 is 5.91 Å². The number of carbonyl (C=O) groups is 1. The van der Waals surface area contributed by atoms with Crippen molar-refractivity contribution in [1.82, 2.24) is 5.32 Å². The summed E-state index contributed by atoms with van der Waals surface area (Å²) in [5.74, 6) is -0.361. The van der Waals surface area contributed by atoms with E-state index in [1.807, 2.05) is 13.8 Å². The predicted octanol–water partition coefficient (Wildman–Crippen LogP) is -1.25. The monoisotopic (exact) mass is 277 g/mol. The first-order chi connectivity index (χ1) is 8.90. The number of hydrogen-bond acceptors (Lipinski definition) is 6. The van der Waals surface area contributed by atoms with Crippen molar-refractivity contribution in [3.8, 4) is 0 Å². The summed E-state index contributed by atoms with van der Waals surface area (Å²) in [6.07, 6.45) is -3.79. The van der Waals surface area contributed by atoms with Gasteiger partial charge >= 0.3 is 0 Å². The van der Waals surface area contributed by atoms with E-state index in [1.165, 1.54) is 6.92 Å². The Kier molecular flexibility index (Phi) is 6.15. The first-order valence-electron chi connectivity index (χ1n) is 6.45. The summed E-state index contributed by atoms with van der Waals surface area (Å²) in [7, 11) is 0. The minimum atomic E-state index is -1.28. The average Bonchev–Trinajstić information content (AvgIpc) is 2.37. The zero-order chi connectivity index (χ0) is 14.6. The van der Waals surface area contributed by atoms with Crippen LogP contribution in [0.4, 0.5) is 0 Å². The Hall–Kier alpha value is -0.730. The molecule has 19 heavy (non-hydrogen) atoms. The number of nitrogens with one attached hydrogen (secondary N) is 1. The topological polar surface area (TPSA) is 108 Å². The zero-order valence-corrected chi connectivity index (χ0v) is 11.4. The van der Waals surface area contributed by atoms with Crippen LogP contribution in [-0.2, 0) is 14.3 Å². The van der Waals surface area contributed by atoms with Gasteiger partial charge in [-0.2, -0.15) is 0 Å². The van der Waals surface area contributed by atoms with Crippen LogP contribution in [0.25, 0.3) is 0 Å². The van der Waals surface area contributed by atoms with Crippen LogP contribution < -0.4 is 5.32 Å². The molecule has 0 saturated carbocycles. The van der Waals surface area contributed by atoms with Gasteiger partial charge in [-0.05, 0) is 13.3 Å². The van der Waals surface area contributed by atoms with Gasteiger partial charge < -0.3 is 30.1 Å². The van der Waals surface area contributed by atoms with E-state index in [4.69, 9.17) is 14.6 Å².